The Balaban J connectivity index is 2.55. The molecule has 4 N–H and O–H groups in total. The van der Waals surface area contributed by atoms with E-state index in [4.69, 9.17) is 11.5 Å². The lowest BCUT2D eigenvalue weighted by molar-refractivity contribution is 0.0601. The van der Waals surface area contributed by atoms with Crippen LogP contribution < -0.4 is 11.5 Å². The van der Waals surface area contributed by atoms with E-state index >= 15 is 0 Å². The summed E-state index contributed by atoms with van der Waals surface area (Å²) in [6.45, 7) is 0. The summed E-state index contributed by atoms with van der Waals surface area (Å²) >= 11 is 0. The van der Waals surface area contributed by atoms with E-state index in [2.05, 4.69) is 9.84 Å². The molecule has 0 aliphatic rings. The number of carbonyl (C=O) groups excluding carboxylic acids is 2. The van der Waals surface area contributed by atoms with Gasteiger partial charge in [0.25, 0.3) is 5.91 Å². The predicted molar refractivity (Wildman–Crippen MR) is 67.8 cm³/mol. The Hall–Kier alpha value is -2.90. The Morgan fingerprint density at radius 3 is 2.65 bits per heavy atom. The van der Waals surface area contributed by atoms with Gasteiger partial charge in [-0.2, -0.15) is 5.10 Å². The van der Waals surface area contributed by atoms with E-state index in [-0.39, 0.29) is 22.6 Å². The zero-order valence-electron chi connectivity index (χ0n) is 10.5. The number of carbonyl (C=O) groups is 2. The van der Waals surface area contributed by atoms with Crippen molar-refractivity contribution >= 4 is 17.6 Å². The Kier molecular flexibility index (Phi) is 3.38. The second kappa shape index (κ2) is 5.00. The number of ether oxygens (including phenoxy) is 1. The van der Waals surface area contributed by atoms with Gasteiger partial charge in [-0.25, -0.2) is 13.9 Å². The van der Waals surface area contributed by atoms with Gasteiger partial charge >= 0.3 is 5.97 Å². The molecule has 0 saturated carbocycles. The first-order valence-corrected chi connectivity index (χ1v) is 5.47. The van der Waals surface area contributed by atoms with Gasteiger partial charge in [0.1, 0.15) is 11.4 Å². The number of nitrogens with two attached hydrogens (primary N) is 2. The summed E-state index contributed by atoms with van der Waals surface area (Å²) in [6, 6.07) is 3.50. The first-order valence-electron chi connectivity index (χ1n) is 5.47. The van der Waals surface area contributed by atoms with E-state index in [9.17, 15) is 14.0 Å². The van der Waals surface area contributed by atoms with Crippen molar-refractivity contribution in [1.29, 1.82) is 0 Å². The number of primary amides is 1. The van der Waals surface area contributed by atoms with Gasteiger partial charge in [0, 0.05) is 11.9 Å². The van der Waals surface area contributed by atoms with E-state index in [1.54, 1.807) is 0 Å². The summed E-state index contributed by atoms with van der Waals surface area (Å²) in [5.74, 6) is -2.15. The number of methoxy groups -OCH3 is 1. The minimum absolute atomic E-state index is 0.0000231. The number of benzene rings is 1. The summed E-state index contributed by atoms with van der Waals surface area (Å²) in [6.07, 6.45) is 1.34. The highest BCUT2D eigenvalue weighted by Crippen LogP contribution is 2.21. The van der Waals surface area contributed by atoms with E-state index in [0.717, 1.165) is 10.7 Å². The standard InChI is InChI=1S/C12H11FN4O3/c1-20-12(19)6-4-10(7(13)5-8(6)14)17-3-2-9(16-17)11(15)18/h2-5H,14H2,1H3,(H2,15,18). The number of hydrogen-bond donors (Lipinski definition) is 2. The average Bonchev–Trinajstić information content (AvgIpc) is 2.87. The highest BCUT2D eigenvalue weighted by molar-refractivity contribution is 5.95. The second-order valence-corrected chi connectivity index (χ2v) is 3.89. The van der Waals surface area contributed by atoms with Crippen LogP contribution in [0.25, 0.3) is 5.69 Å². The lowest BCUT2D eigenvalue weighted by Gasteiger charge is -2.08. The lowest BCUT2D eigenvalue weighted by Crippen LogP contribution is -2.13. The van der Waals surface area contributed by atoms with Crippen LogP contribution in [0.2, 0.25) is 0 Å². The quantitative estimate of drug-likeness (QED) is 0.626. The molecule has 2 aromatic rings. The second-order valence-electron chi connectivity index (χ2n) is 3.89. The molecule has 1 aromatic heterocycles. The van der Waals surface area contributed by atoms with Crippen LogP contribution in [0, 0.1) is 5.82 Å². The SMILES string of the molecule is COC(=O)c1cc(-n2ccc(C(N)=O)n2)c(F)cc1N. The molecule has 0 atom stereocenters. The maximum absolute atomic E-state index is 13.9. The number of hydrogen-bond acceptors (Lipinski definition) is 5. The zero-order valence-corrected chi connectivity index (χ0v) is 10.5. The monoisotopic (exact) mass is 278 g/mol. The van der Waals surface area contributed by atoms with Crippen LogP contribution in [0.5, 0.6) is 0 Å². The van der Waals surface area contributed by atoms with Crippen molar-refractivity contribution in [2.75, 3.05) is 12.8 Å². The molecule has 0 radical (unpaired) electrons. The van der Waals surface area contributed by atoms with Crippen molar-refractivity contribution in [3.63, 3.8) is 0 Å². The Morgan fingerprint density at radius 1 is 1.40 bits per heavy atom. The molecule has 1 amide bonds. The molecule has 2 rings (SSSR count). The number of amides is 1. The van der Waals surface area contributed by atoms with Gasteiger partial charge in [0.05, 0.1) is 12.7 Å². The van der Waals surface area contributed by atoms with Crippen LogP contribution in [0.3, 0.4) is 0 Å². The third-order valence-corrected chi connectivity index (χ3v) is 2.61. The normalized spacial score (nSPS) is 10.3. The van der Waals surface area contributed by atoms with Gasteiger partial charge < -0.3 is 16.2 Å². The van der Waals surface area contributed by atoms with Gasteiger partial charge in [0.15, 0.2) is 5.82 Å². The first-order chi connectivity index (χ1) is 9.43. The van der Waals surface area contributed by atoms with Gasteiger partial charge in [-0.1, -0.05) is 0 Å². The fraction of sp³-hybridized carbons (Fsp3) is 0.0833. The summed E-state index contributed by atoms with van der Waals surface area (Å²) in [5.41, 5.74) is 10.5. The summed E-state index contributed by atoms with van der Waals surface area (Å²) in [5, 5.41) is 3.81. The van der Waals surface area contributed by atoms with E-state index in [1.807, 2.05) is 0 Å². The molecule has 0 bridgehead atoms. The zero-order chi connectivity index (χ0) is 14.9. The van der Waals surface area contributed by atoms with Crippen molar-refractivity contribution in [2.45, 2.75) is 0 Å². The number of anilines is 1. The van der Waals surface area contributed by atoms with Crippen LogP contribution >= 0.6 is 0 Å². The Bertz CT molecular complexity index is 696. The number of rotatable bonds is 3. The largest absolute Gasteiger partial charge is 0.465 e. The minimum Gasteiger partial charge on any atom is -0.465 e. The number of aromatic nitrogens is 2. The highest BCUT2D eigenvalue weighted by atomic mass is 19.1. The number of nitrogen functional groups attached to an aromatic ring is 1. The maximum Gasteiger partial charge on any atom is 0.340 e. The topological polar surface area (TPSA) is 113 Å². The molecule has 0 aliphatic heterocycles. The first kappa shape index (κ1) is 13.5. The third kappa shape index (κ3) is 2.30. The van der Waals surface area contributed by atoms with Crippen molar-refractivity contribution < 1.29 is 18.7 Å². The lowest BCUT2D eigenvalue weighted by atomic mass is 10.1. The summed E-state index contributed by atoms with van der Waals surface area (Å²) in [4.78, 5) is 22.5. The van der Waals surface area contributed by atoms with Gasteiger partial charge in [-0.3, -0.25) is 4.79 Å². The Labute approximate surface area is 112 Å². The van der Waals surface area contributed by atoms with Gasteiger partial charge in [-0.15, -0.1) is 0 Å². The fourth-order valence-corrected chi connectivity index (χ4v) is 1.63. The van der Waals surface area contributed by atoms with E-state index in [0.29, 0.717) is 0 Å². The molecule has 0 unspecified atom stereocenters. The predicted octanol–water partition coefficient (Wildman–Crippen LogP) is 0.479. The minimum atomic E-state index is -0.743. The van der Waals surface area contributed by atoms with Gasteiger partial charge in [-0.05, 0) is 18.2 Å². The summed E-state index contributed by atoms with van der Waals surface area (Å²) < 4.78 is 19.5. The number of halogens is 1. The van der Waals surface area contributed by atoms with E-state index in [1.165, 1.54) is 25.4 Å². The van der Waals surface area contributed by atoms with Gasteiger partial charge in [0.2, 0.25) is 0 Å². The molecule has 1 heterocycles. The molecule has 0 saturated heterocycles. The molecule has 7 nitrogen and oxygen atoms in total. The average molecular weight is 278 g/mol. The van der Waals surface area contributed by atoms with Crippen LogP contribution in [0.1, 0.15) is 20.8 Å². The molecule has 0 fully saturated rings. The highest BCUT2D eigenvalue weighted by Gasteiger charge is 2.17. The van der Waals surface area contributed by atoms with E-state index < -0.39 is 17.7 Å². The Morgan fingerprint density at radius 2 is 2.10 bits per heavy atom. The smallest absolute Gasteiger partial charge is 0.340 e. The molecule has 1 aromatic carbocycles. The molecule has 20 heavy (non-hydrogen) atoms. The van der Waals surface area contributed by atoms with Crippen LogP contribution in [0.15, 0.2) is 24.4 Å². The third-order valence-electron chi connectivity index (χ3n) is 2.61. The van der Waals surface area contributed by atoms with Crippen molar-refractivity contribution in [3.05, 3.63) is 41.5 Å². The summed E-state index contributed by atoms with van der Waals surface area (Å²) in [7, 11) is 1.18. The van der Waals surface area contributed by atoms with Crippen molar-refractivity contribution in [3.8, 4) is 5.69 Å². The fourth-order valence-electron chi connectivity index (χ4n) is 1.63. The van der Waals surface area contributed by atoms with Crippen LogP contribution in [0.4, 0.5) is 10.1 Å². The van der Waals surface area contributed by atoms with Crippen molar-refractivity contribution in [2.24, 2.45) is 5.73 Å². The molecule has 104 valence electrons. The van der Waals surface area contributed by atoms with Crippen molar-refractivity contribution in [1.82, 2.24) is 9.78 Å². The molecule has 8 heteroatoms. The maximum atomic E-state index is 13.9. The van der Waals surface area contributed by atoms with Crippen LogP contribution in [-0.2, 0) is 4.74 Å². The molecule has 0 spiro atoms. The molecular weight excluding hydrogens is 267 g/mol. The molecule has 0 aliphatic carbocycles. The van der Waals surface area contributed by atoms with Crippen LogP contribution in [-0.4, -0.2) is 28.8 Å². The number of esters is 1. The molecular formula is C12H11FN4O3. The number of nitrogens with zero attached hydrogens (tertiary/aromatic N) is 2.